The minimum Gasteiger partial charge on any atom is -0.467 e. The summed E-state index contributed by atoms with van der Waals surface area (Å²) in [4.78, 5) is 31.6. The number of anilines is 1. The van der Waals surface area contributed by atoms with E-state index in [0.29, 0.717) is 18.9 Å². The van der Waals surface area contributed by atoms with E-state index >= 15 is 0 Å². The van der Waals surface area contributed by atoms with Gasteiger partial charge in [-0.05, 0) is 54.4 Å². The molecule has 0 spiro atoms. The summed E-state index contributed by atoms with van der Waals surface area (Å²) in [7, 11) is 1.42. The fourth-order valence-corrected chi connectivity index (χ4v) is 6.09. The van der Waals surface area contributed by atoms with E-state index in [0.717, 1.165) is 43.4 Å². The van der Waals surface area contributed by atoms with Gasteiger partial charge in [-0.2, -0.15) is 0 Å². The lowest BCUT2D eigenvalue weighted by atomic mass is 9.84. The number of benzene rings is 2. The molecule has 2 aliphatic heterocycles. The number of esters is 1. The molecule has 3 aliphatic rings. The van der Waals surface area contributed by atoms with Gasteiger partial charge in [-0.25, -0.2) is 4.79 Å². The summed E-state index contributed by atoms with van der Waals surface area (Å²) in [6.07, 6.45) is 11.3. The first-order valence-electron chi connectivity index (χ1n) is 13.2. The Hall–Kier alpha value is -3.34. The third kappa shape index (κ3) is 4.84. The third-order valence-electron chi connectivity index (χ3n) is 7.88. The molecule has 0 saturated carbocycles. The number of methoxy groups -OCH3 is 1. The fraction of sp³-hybridized carbons (Fsp3) is 0.419. The Kier molecular flexibility index (Phi) is 7.26. The van der Waals surface area contributed by atoms with Crippen molar-refractivity contribution in [2.75, 3.05) is 25.1 Å². The van der Waals surface area contributed by atoms with Crippen molar-refractivity contribution in [1.82, 2.24) is 4.90 Å². The lowest BCUT2D eigenvalue weighted by Gasteiger charge is -2.32. The SMILES string of the molecule is COC(=O)[C@@H]1C[C@H](N2CCCCc3ccccc32)CN1C(=O)C(C1=CC(C)CC=C1)c1ccccc1. The van der Waals surface area contributed by atoms with E-state index in [-0.39, 0.29) is 17.9 Å². The number of carbonyl (C=O) groups is 2. The zero-order valence-corrected chi connectivity index (χ0v) is 21.3. The number of fused-ring (bicyclic) bond motifs is 1. The van der Waals surface area contributed by atoms with E-state index in [9.17, 15) is 9.59 Å². The number of para-hydroxylation sites is 1. The summed E-state index contributed by atoms with van der Waals surface area (Å²) in [5.74, 6) is -0.414. The molecule has 5 rings (SSSR count). The maximum Gasteiger partial charge on any atom is 0.328 e. The van der Waals surface area contributed by atoms with Gasteiger partial charge in [0, 0.05) is 31.2 Å². The smallest absolute Gasteiger partial charge is 0.328 e. The van der Waals surface area contributed by atoms with E-state index in [4.69, 9.17) is 4.74 Å². The van der Waals surface area contributed by atoms with Crippen molar-refractivity contribution in [3.63, 3.8) is 0 Å². The Bertz CT molecular complexity index is 1160. The maximum atomic E-state index is 14.3. The van der Waals surface area contributed by atoms with Gasteiger partial charge in [-0.1, -0.05) is 73.7 Å². The number of aryl methyl sites for hydroxylation is 1. The van der Waals surface area contributed by atoms with Gasteiger partial charge in [0.25, 0.3) is 0 Å². The van der Waals surface area contributed by atoms with Crippen LogP contribution in [0.4, 0.5) is 5.69 Å². The first-order valence-corrected chi connectivity index (χ1v) is 13.2. The van der Waals surface area contributed by atoms with Gasteiger partial charge in [0.2, 0.25) is 5.91 Å². The summed E-state index contributed by atoms with van der Waals surface area (Å²) in [5, 5.41) is 0. The van der Waals surface area contributed by atoms with Crippen LogP contribution in [0.2, 0.25) is 0 Å². The molecule has 0 bridgehead atoms. The number of allylic oxidation sites excluding steroid dienone is 3. The quantitative estimate of drug-likeness (QED) is 0.542. The van der Waals surface area contributed by atoms with Crippen LogP contribution in [0.15, 0.2) is 78.4 Å². The lowest BCUT2D eigenvalue weighted by Crippen LogP contribution is -2.44. The molecule has 1 aliphatic carbocycles. The molecule has 2 heterocycles. The van der Waals surface area contributed by atoms with Crippen LogP contribution in [-0.2, 0) is 20.7 Å². The van der Waals surface area contributed by atoms with Crippen LogP contribution >= 0.6 is 0 Å². The van der Waals surface area contributed by atoms with E-state index in [1.54, 1.807) is 4.90 Å². The van der Waals surface area contributed by atoms with Crippen LogP contribution in [0.5, 0.6) is 0 Å². The molecule has 5 nitrogen and oxygen atoms in total. The Labute approximate surface area is 214 Å². The predicted molar refractivity (Wildman–Crippen MR) is 143 cm³/mol. The topological polar surface area (TPSA) is 49.9 Å². The van der Waals surface area contributed by atoms with Crippen molar-refractivity contribution < 1.29 is 14.3 Å². The lowest BCUT2D eigenvalue weighted by molar-refractivity contribution is -0.151. The summed E-state index contributed by atoms with van der Waals surface area (Å²) in [5.41, 5.74) is 4.56. The summed E-state index contributed by atoms with van der Waals surface area (Å²) >= 11 is 0. The average Bonchev–Trinajstić information content (AvgIpc) is 3.23. The number of nitrogens with zero attached hydrogens (tertiary/aromatic N) is 2. The number of ether oxygens (including phenoxy) is 1. The van der Waals surface area contributed by atoms with Crippen molar-refractivity contribution in [1.29, 1.82) is 0 Å². The van der Waals surface area contributed by atoms with Crippen molar-refractivity contribution in [3.8, 4) is 0 Å². The zero-order chi connectivity index (χ0) is 25.1. The second-order valence-electron chi connectivity index (χ2n) is 10.3. The highest BCUT2D eigenvalue weighted by atomic mass is 16.5. The predicted octanol–water partition coefficient (Wildman–Crippen LogP) is 5.28. The average molecular weight is 485 g/mol. The molecule has 0 aromatic heterocycles. The standard InChI is InChI=1S/C31H36N2O3/c1-22-11-10-16-25(19-22)29(24-14-4-3-5-15-24)30(34)33-21-26(20-28(33)31(35)36-2)32-18-9-8-13-23-12-6-7-17-27(23)32/h3-7,10,12,14-17,19,22,26,28-29H,8-9,11,13,18,20-21H2,1-2H3/t22?,26-,28-,29?/m0/s1. The molecule has 0 radical (unpaired) electrons. The maximum absolute atomic E-state index is 14.3. The second kappa shape index (κ2) is 10.7. The van der Waals surface area contributed by atoms with Crippen molar-refractivity contribution in [2.24, 2.45) is 5.92 Å². The number of hydrogen-bond acceptors (Lipinski definition) is 4. The second-order valence-corrected chi connectivity index (χ2v) is 10.3. The minimum atomic E-state index is -0.584. The molecule has 1 amide bonds. The monoisotopic (exact) mass is 484 g/mol. The van der Waals surface area contributed by atoms with Gasteiger partial charge < -0.3 is 14.5 Å². The summed E-state index contributed by atoms with van der Waals surface area (Å²) < 4.78 is 5.21. The van der Waals surface area contributed by atoms with Crippen LogP contribution < -0.4 is 4.90 Å². The largest absolute Gasteiger partial charge is 0.467 e. The van der Waals surface area contributed by atoms with E-state index in [1.807, 2.05) is 30.3 Å². The molecular weight excluding hydrogens is 448 g/mol. The van der Waals surface area contributed by atoms with Crippen LogP contribution in [-0.4, -0.2) is 49.1 Å². The molecule has 2 aromatic carbocycles. The van der Waals surface area contributed by atoms with Gasteiger partial charge >= 0.3 is 5.97 Å². The normalized spacial score (nSPS) is 24.5. The molecule has 2 aromatic rings. The first-order chi connectivity index (χ1) is 17.6. The van der Waals surface area contributed by atoms with Gasteiger partial charge in [0.05, 0.1) is 13.0 Å². The van der Waals surface area contributed by atoms with Crippen molar-refractivity contribution in [3.05, 3.63) is 89.5 Å². The van der Waals surface area contributed by atoms with E-state index in [2.05, 4.69) is 54.3 Å². The molecule has 5 heteroatoms. The Morgan fingerprint density at radius 1 is 1.03 bits per heavy atom. The molecule has 188 valence electrons. The molecule has 4 atom stereocenters. The number of amides is 1. The number of carbonyl (C=O) groups excluding carboxylic acids is 2. The summed E-state index contributed by atoms with van der Waals surface area (Å²) in [6.45, 7) is 3.63. The number of likely N-dealkylation sites (tertiary alicyclic amines) is 1. The highest BCUT2D eigenvalue weighted by Crippen LogP contribution is 2.37. The van der Waals surface area contributed by atoms with E-state index in [1.165, 1.54) is 18.4 Å². The number of rotatable bonds is 5. The van der Waals surface area contributed by atoms with Gasteiger partial charge in [-0.15, -0.1) is 0 Å². The third-order valence-corrected chi connectivity index (χ3v) is 7.88. The van der Waals surface area contributed by atoms with Gasteiger partial charge in [-0.3, -0.25) is 4.79 Å². The summed E-state index contributed by atoms with van der Waals surface area (Å²) in [6, 6.07) is 18.0. The van der Waals surface area contributed by atoms with Crippen LogP contribution in [0, 0.1) is 5.92 Å². The van der Waals surface area contributed by atoms with Gasteiger partial charge in [0.15, 0.2) is 0 Å². The van der Waals surface area contributed by atoms with Crippen LogP contribution in [0.3, 0.4) is 0 Å². The number of hydrogen-bond donors (Lipinski definition) is 0. The first kappa shape index (κ1) is 24.4. The van der Waals surface area contributed by atoms with Crippen LogP contribution in [0.25, 0.3) is 0 Å². The highest BCUT2D eigenvalue weighted by Gasteiger charge is 2.45. The van der Waals surface area contributed by atoms with E-state index < -0.39 is 12.0 Å². The molecule has 1 saturated heterocycles. The molecule has 36 heavy (non-hydrogen) atoms. The Morgan fingerprint density at radius 3 is 2.58 bits per heavy atom. The van der Waals surface area contributed by atoms with Crippen LogP contribution in [0.1, 0.15) is 49.7 Å². The Balaban J connectivity index is 1.50. The molecular formula is C31H36N2O3. The molecule has 2 unspecified atom stereocenters. The molecule has 1 fully saturated rings. The van der Waals surface area contributed by atoms with Gasteiger partial charge in [0.1, 0.15) is 6.04 Å². The molecule has 0 N–H and O–H groups in total. The minimum absolute atomic E-state index is 0.0211. The van der Waals surface area contributed by atoms with Crippen molar-refractivity contribution in [2.45, 2.75) is 57.0 Å². The zero-order valence-electron chi connectivity index (χ0n) is 21.3. The van der Waals surface area contributed by atoms with Crippen molar-refractivity contribution >= 4 is 17.6 Å². The highest BCUT2D eigenvalue weighted by molar-refractivity contribution is 5.92. The fourth-order valence-electron chi connectivity index (χ4n) is 6.09. The Morgan fingerprint density at radius 2 is 1.81 bits per heavy atom.